The van der Waals surface area contributed by atoms with Crippen LogP contribution in [-0.4, -0.2) is 34.1 Å². The highest BCUT2D eigenvalue weighted by Gasteiger charge is 2.11. The van der Waals surface area contributed by atoms with Gasteiger partial charge >= 0.3 is 0 Å². The minimum absolute atomic E-state index is 0.0146. The van der Waals surface area contributed by atoms with Crippen LogP contribution in [-0.2, 0) is 16.0 Å². The fourth-order valence-corrected chi connectivity index (χ4v) is 3.44. The van der Waals surface area contributed by atoms with Gasteiger partial charge in [-0.25, -0.2) is 4.98 Å². The molecule has 148 valence electrons. The van der Waals surface area contributed by atoms with E-state index in [9.17, 15) is 14.4 Å². The molecule has 0 saturated heterocycles. The number of aromatic amines is 1. The van der Waals surface area contributed by atoms with Gasteiger partial charge in [0.05, 0.1) is 17.9 Å². The summed E-state index contributed by atoms with van der Waals surface area (Å²) in [6, 6.07) is 5.29. The molecule has 3 N–H and O–H groups in total. The highest BCUT2D eigenvalue weighted by molar-refractivity contribution is 7.99. The summed E-state index contributed by atoms with van der Waals surface area (Å²) >= 11 is 1.11. The third-order valence-electron chi connectivity index (χ3n) is 3.84. The second kappa shape index (κ2) is 9.89. The van der Waals surface area contributed by atoms with Crippen molar-refractivity contribution in [3.63, 3.8) is 0 Å². The van der Waals surface area contributed by atoms with Gasteiger partial charge in [0.2, 0.25) is 11.8 Å². The molecule has 8 heteroatoms. The standard InChI is InChI=1S/C20H24N4O3S/c1-5-6-21-16(25)9-15-10-17(26)24-20(22-15)28-11-18(27)23-19-13(3)7-12(2)8-14(19)4/h5,7-8,10H,1,6,9,11H2,2-4H3,(H,21,25)(H,23,27)(H,22,24,26). The number of H-pyrrole nitrogens is 1. The van der Waals surface area contributed by atoms with Crippen LogP contribution in [0.2, 0.25) is 0 Å². The quantitative estimate of drug-likeness (QED) is 0.358. The summed E-state index contributed by atoms with van der Waals surface area (Å²) in [5, 5.41) is 5.84. The van der Waals surface area contributed by atoms with E-state index >= 15 is 0 Å². The first kappa shape index (κ1) is 21.4. The van der Waals surface area contributed by atoms with Gasteiger partial charge in [-0.2, -0.15) is 0 Å². The topological polar surface area (TPSA) is 104 Å². The fraction of sp³-hybridized carbons (Fsp3) is 0.300. The summed E-state index contributed by atoms with van der Waals surface area (Å²) in [4.78, 5) is 42.7. The molecular weight excluding hydrogens is 376 g/mol. The van der Waals surface area contributed by atoms with Gasteiger partial charge in [-0.15, -0.1) is 6.58 Å². The average molecular weight is 401 g/mol. The van der Waals surface area contributed by atoms with E-state index in [2.05, 4.69) is 27.2 Å². The zero-order chi connectivity index (χ0) is 20.7. The Morgan fingerprint density at radius 3 is 2.50 bits per heavy atom. The predicted octanol–water partition coefficient (Wildman–Crippen LogP) is 2.27. The van der Waals surface area contributed by atoms with Gasteiger partial charge in [0, 0.05) is 18.3 Å². The molecule has 1 aromatic carbocycles. The highest BCUT2D eigenvalue weighted by atomic mass is 32.2. The Kier molecular flexibility index (Phi) is 7.57. The lowest BCUT2D eigenvalue weighted by Crippen LogP contribution is -2.26. The van der Waals surface area contributed by atoms with Crippen molar-refractivity contribution in [2.75, 3.05) is 17.6 Å². The SMILES string of the molecule is C=CCNC(=O)Cc1cc(=O)[nH]c(SCC(=O)Nc2c(C)cc(C)cc2C)n1. The Hall–Kier alpha value is -2.87. The van der Waals surface area contributed by atoms with Crippen LogP contribution in [0.1, 0.15) is 22.4 Å². The number of amides is 2. The molecule has 2 rings (SSSR count). The Balaban J connectivity index is 2.00. The summed E-state index contributed by atoms with van der Waals surface area (Å²) in [5.74, 6) is -0.365. The van der Waals surface area contributed by atoms with Crippen LogP contribution in [0.4, 0.5) is 5.69 Å². The second-order valence-electron chi connectivity index (χ2n) is 6.42. The molecule has 1 aromatic heterocycles. The average Bonchev–Trinajstić information content (AvgIpc) is 2.60. The van der Waals surface area contributed by atoms with E-state index in [1.54, 1.807) is 6.08 Å². The van der Waals surface area contributed by atoms with Crippen LogP contribution in [0.25, 0.3) is 0 Å². The number of carbonyl (C=O) groups is 2. The minimum atomic E-state index is -0.366. The first-order valence-corrected chi connectivity index (χ1v) is 9.75. The predicted molar refractivity (Wildman–Crippen MR) is 112 cm³/mol. The zero-order valence-corrected chi connectivity index (χ0v) is 17.0. The van der Waals surface area contributed by atoms with E-state index in [-0.39, 0.29) is 29.5 Å². The van der Waals surface area contributed by atoms with Crippen molar-refractivity contribution in [2.45, 2.75) is 32.3 Å². The molecule has 2 amide bonds. The Labute approximate surface area is 168 Å². The molecule has 2 aromatic rings. The van der Waals surface area contributed by atoms with Gasteiger partial charge in [0.25, 0.3) is 5.56 Å². The second-order valence-corrected chi connectivity index (χ2v) is 7.39. The van der Waals surface area contributed by atoms with E-state index in [1.807, 2.05) is 32.9 Å². The number of thioether (sulfide) groups is 1. The Bertz CT molecular complexity index is 930. The summed E-state index contributed by atoms with van der Waals surface area (Å²) in [7, 11) is 0. The van der Waals surface area contributed by atoms with Crippen LogP contribution in [0.3, 0.4) is 0 Å². The first-order chi connectivity index (χ1) is 13.3. The number of aromatic nitrogens is 2. The lowest BCUT2D eigenvalue weighted by atomic mass is 10.1. The molecule has 28 heavy (non-hydrogen) atoms. The van der Waals surface area contributed by atoms with E-state index in [1.165, 1.54) is 6.07 Å². The van der Waals surface area contributed by atoms with Crippen LogP contribution >= 0.6 is 11.8 Å². The third-order valence-corrected chi connectivity index (χ3v) is 4.71. The van der Waals surface area contributed by atoms with Crippen LogP contribution in [0, 0.1) is 20.8 Å². The molecule has 7 nitrogen and oxygen atoms in total. The van der Waals surface area contributed by atoms with Crippen molar-refractivity contribution < 1.29 is 9.59 Å². The number of carbonyl (C=O) groups excluding carboxylic acids is 2. The molecular formula is C20H24N4O3S. The van der Waals surface area contributed by atoms with E-state index in [0.29, 0.717) is 17.4 Å². The lowest BCUT2D eigenvalue weighted by molar-refractivity contribution is -0.120. The van der Waals surface area contributed by atoms with Crippen molar-refractivity contribution >= 4 is 29.3 Å². The van der Waals surface area contributed by atoms with Crippen molar-refractivity contribution in [3.8, 4) is 0 Å². The maximum Gasteiger partial charge on any atom is 0.251 e. The number of nitrogens with zero attached hydrogens (tertiary/aromatic N) is 1. The smallest absolute Gasteiger partial charge is 0.251 e. The first-order valence-electron chi connectivity index (χ1n) is 8.77. The molecule has 0 unspecified atom stereocenters. The summed E-state index contributed by atoms with van der Waals surface area (Å²) in [6.45, 7) is 9.78. The lowest BCUT2D eigenvalue weighted by Gasteiger charge is -2.12. The largest absolute Gasteiger partial charge is 0.352 e. The molecule has 0 aliphatic rings. The summed E-state index contributed by atoms with van der Waals surface area (Å²) < 4.78 is 0. The maximum atomic E-state index is 12.3. The number of rotatable bonds is 8. The molecule has 0 saturated carbocycles. The van der Waals surface area contributed by atoms with Gasteiger partial charge in [-0.1, -0.05) is 35.5 Å². The molecule has 0 spiro atoms. The molecule has 0 aliphatic carbocycles. The zero-order valence-electron chi connectivity index (χ0n) is 16.2. The number of benzene rings is 1. The van der Waals surface area contributed by atoms with Gasteiger partial charge < -0.3 is 15.6 Å². The maximum absolute atomic E-state index is 12.3. The van der Waals surface area contributed by atoms with Gasteiger partial charge in [-0.3, -0.25) is 14.4 Å². The van der Waals surface area contributed by atoms with Gasteiger partial charge in [0.15, 0.2) is 5.16 Å². The van der Waals surface area contributed by atoms with Crippen molar-refractivity contribution in [1.29, 1.82) is 0 Å². The number of aryl methyl sites for hydroxylation is 3. The van der Waals surface area contributed by atoms with Crippen molar-refractivity contribution in [1.82, 2.24) is 15.3 Å². The third kappa shape index (κ3) is 6.38. The Morgan fingerprint density at radius 1 is 1.18 bits per heavy atom. The van der Waals surface area contributed by atoms with Gasteiger partial charge in [-0.05, 0) is 31.9 Å². The number of hydrogen-bond donors (Lipinski definition) is 3. The van der Waals surface area contributed by atoms with E-state index < -0.39 is 0 Å². The molecule has 0 fully saturated rings. The van der Waals surface area contributed by atoms with E-state index in [0.717, 1.165) is 34.1 Å². The molecule has 0 atom stereocenters. The minimum Gasteiger partial charge on any atom is -0.352 e. The van der Waals surface area contributed by atoms with E-state index in [4.69, 9.17) is 0 Å². The van der Waals surface area contributed by atoms with Gasteiger partial charge in [0.1, 0.15) is 0 Å². The normalized spacial score (nSPS) is 10.4. The molecule has 0 radical (unpaired) electrons. The van der Waals surface area contributed by atoms with Crippen LogP contribution < -0.4 is 16.2 Å². The number of anilines is 1. The monoisotopic (exact) mass is 400 g/mol. The molecule has 0 aliphatic heterocycles. The fourth-order valence-electron chi connectivity index (χ4n) is 2.74. The summed E-state index contributed by atoms with van der Waals surface area (Å²) in [6.07, 6.45) is 1.56. The highest BCUT2D eigenvalue weighted by Crippen LogP contribution is 2.22. The van der Waals surface area contributed by atoms with Crippen molar-refractivity contribution in [2.24, 2.45) is 0 Å². The Morgan fingerprint density at radius 2 is 1.86 bits per heavy atom. The van der Waals surface area contributed by atoms with Crippen molar-refractivity contribution in [3.05, 3.63) is 63.6 Å². The van der Waals surface area contributed by atoms with Crippen LogP contribution in [0.15, 0.2) is 40.8 Å². The summed E-state index contributed by atoms with van der Waals surface area (Å²) in [5.41, 5.74) is 3.90. The number of hydrogen-bond acceptors (Lipinski definition) is 5. The molecule has 0 bridgehead atoms. The number of nitrogens with one attached hydrogen (secondary N) is 3. The molecule has 1 heterocycles. The van der Waals surface area contributed by atoms with Crippen LogP contribution in [0.5, 0.6) is 0 Å².